The normalized spacial score (nSPS) is 14.0. The van der Waals surface area contributed by atoms with Gasteiger partial charge in [0.25, 0.3) is 0 Å². The third-order valence-electron chi connectivity index (χ3n) is 3.33. The quantitative estimate of drug-likeness (QED) is 0.738. The fourth-order valence-corrected chi connectivity index (χ4v) is 2.16. The fraction of sp³-hybridized carbons (Fsp3) is 0.500. The molecule has 0 spiro atoms. The Bertz CT molecular complexity index is 537. The molecule has 1 aromatic carbocycles. The zero-order valence-corrected chi connectivity index (χ0v) is 12.4. The van der Waals surface area contributed by atoms with E-state index in [0.29, 0.717) is 25.4 Å². The predicted molar refractivity (Wildman–Crippen MR) is 78.0 cm³/mol. The first-order valence-electron chi connectivity index (χ1n) is 6.86. The Morgan fingerprint density at radius 1 is 1.33 bits per heavy atom. The van der Waals surface area contributed by atoms with Crippen molar-refractivity contribution in [2.75, 3.05) is 20.3 Å². The zero-order valence-electron chi connectivity index (χ0n) is 12.4. The number of methoxy groups -OCH3 is 1. The van der Waals surface area contributed by atoms with Gasteiger partial charge in [0, 0.05) is 19.3 Å². The number of aliphatic hydroxyl groups excluding tert-OH is 1. The van der Waals surface area contributed by atoms with E-state index < -0.39 is 0 Å². The van der Waals surface area contributed by atoms with Crippen molar-refractivity contribution in [3.05, 3.63) is 36.2 Å². The Morgan fingerprint density at radius 3 is 2.76 bits per heavy atom. The molecule has 1 unspecified atom stereocenters. The summed E-state index contributed by atoms with van der Waals surface area (Å²) in [6.07, 6.45) is 0.591. The number of para-hydroxylation sites is 1. The van der Waals surface area contributed by atoms with Gasteiger partial charge in [-0.3, -0.25) is 0 Å². The van der Waals surface area contributed by atoms with Crippen LogP contribution in [0.2, 0.25) is 0 Å². The number of benzene rings is 1. The molecule has 1 aromatic heterocycles. The van der Waals surface area contributed by atoms with Gasteiger partial charge in [0.1, 0.15) is 0 Å². The van der Waals surface area contributed by atoms with E-state index in [0.717, 1.165) is 5.69 Å². The van der Waals surface area contributed by atoms with Crippen LogP contribution < -0.4 is 5.32 Å². The van der Waals surface area contributed by atoms with Crippen molar-refractivity contribution < 1.29 is 9.84 Å². The van der Waals surface area contributed by atoms with Crippen molar-refractivity contribution in [1.29, 1.82) is 0 Å². The molecule has 7 heteroatoms. The topological polar surface area (TPSA) is 85.1 Å². The molecule has 21 heavy (non-hydrogen) atoms. The van der Waals surface area contributed by atoms with Crippen LogP contribution in [-0.4, -0.2) is 51.2 Å². The Hall–Kier alpha value is -1.83. The minimum Gasteiger partial charge on any atom is -0.396 e. The summed E-state index contributed by atoms with van der Waals surface area (Å²) < 4.78 is 6.91. The fourth-order valence-electron chi connectivity index (χ4n) is 2.16. The van der Waals surface area contributed by atoms with Crippen molar-refractivity contribution in [2.45, 2.75) is 25.4 Å². The summed E-state index contributed by atoms with van der Waals surface area (Å²) in [6.45, 7) is 3.09. The molecule has 2 N–H and O–H groups in total. The SMILES string of the molecule is COCC(C)(CCO)NCc1nnnn1-c1ccccc1. The molecule has 1 atom stereocenters. The van der Waals surface area contributed by atoms with Crippen LogP contribution in [0.5, 0.6) is 0 Å². The van der Waals surface area contributed by atoms with Crippen molar-refractivity contribution in [3.63, 3.8) is 0 Å². The number of tetrazole rings is 1. The largest absolute Gasteiger partial charge is 0.396 e. The average molecular weight is 291 g/mol. The molecule has 0 fully saturated rings. The van der Waals surface area contributed by atoms with Crippen LogP contribution in [0.25, 0.3) is 5.69 Å². The third kappa shape index (κ3) is 4.07. The summed E-state index contributed by atoms with van der Waals surface area (Å²) in [5.41, 5.74) is 0.589. The van der Waals surface area contributed by atoms with Crippen LogP contribution in [0, 0.1) is 0 Å². The summed E-state index contributed by atoms with van der Waals surface area (Å²) in [5.74, 6) is 0.710. The van der Waals surface area contributed by atoms with Gasteiger partial charge in [0.05, 0.1) is 18.8 Å². The Labute approximate surface area is 123 Å². The Kier molecular flexibility index (Phi) is 5.38. The molecular formula is C14H21N5O2. The zero-order chi connectivity index (χ0) is 15.1. The number of aliphatic hydroxyl groups is 1. The number of ether oxygens (including phenoxy) is 1. The highest BCUT2D eigenvalue weighted by molar-refractivity contribution is 5.30. The van der Waals surface area contributed by atoms with E-state index in [1.165, 1.54) is 0 Å². The number of hydrogen-bond acceptors (Lipinski definition) is 6. The molecule has 0 saturated carbocycles. The van der Waals surface area contributed by atoms with Gasteiger partial charge in [0.2, 0.25) is 0 Å². The monoisotopic (exact) mass is 291 g/mol. The third-order valence-corrected chi connectivity index (χ3v) is 3.33. The Balaban J connectivity index is 2.09. The first-order chi connectivity index (χ1) is 10.2. The molecule has 0 aliphatic heterocycles. The number of aromatic nitrogens is 4. The molecule has 0 bridgehead atoms. The van der Waals surface area contributed by atoms with E-state index in [1.807, 2.05) is 37.3 Å². The summed E-state index contributed by atoms with van der Waals surface area (Å²) in [6, 6.07) is 9.72. The molecular weight excluding hydrogens is 270 g/mol. The van der Waals surface area contributed by atoms with Crippen LogP contribution >= 0.6 is 0 Å². The summed E-state index contributed by atoms with van der Waals surface area (Å²) in [7, 11) is 1.64. The molecule has 114 valence electrons. The predicted octanol–water partition coefficient (Wildman–Crippen LogP) is 0.539. The molecule has 0 aliphatic carbocycles. The molecule has 1 heterocycles. The second-order valence-electron chi connectivity index (χ2n) is 5.16. The number of hydrogen-bond donors (Lipinski definition) is 2. The van der Waals surface area contributed by atoms with E-state index in [1.54, 1.807) is 11.8 Å². The van der Waals surface area contributed by atoms with E-state index in [-0.39, 0.29) is 12.1 Å². The van der Waals surface area contributed by atoms with Crippen molar-refractivity contribution >= 4 is 0 Å². The summed E-state index contributed by atoms with van der Waals surface area (Å²) in [4.78, 5) is 0. The molecule has 7 nitrogen and oxygen atoms in total. The van der Waals surface area contributed by atoms with Crippen LogP contribution in [0.15, 0.2) is 30.3 Å². The summed E-state index contributed by atoms with van der Waals surface area (Å²) >= 11 is 0. The maximum absolute atomic E-state index is 9.18. The standard InChI is InChI=1S/C14H21N5O2/c1-14(8-9-20,11-21-2)15-10-13-16-17-18-19(13)12-6-4-3-5-7-12/h3-7,15,20H,8-11H2,1-2H3. The van der Waals surface area contributed by atoms with Crippen molar-refractivity contribution in [2.24, 2.45) is 0 Å². The second kappa shape index (κ2) is 7.26. The van der Waals surface area contributed by atoms with Gasteiger partial charge in [-0.2, -0.15) is 4.68 Å². The number of nitrogens with zero attached hydrogens (tertiary/aromatic N) is 4. The lowest BCUT2D eigenvalue weighted by molar-refractivity contribution is 0.0963. The first-order valence-corrected chi connectivity index (χ1v) is 6.86. The first kappa shape index (κ1) is 15.6. The van der Waals surface area contributed by atoms with Crippen LogP contribution in [0.3, 0.4) is 0 Å². The highest BCUT2D eigenvalue weighted by Gasteiger charge is 2.24. The van der Waals surface area contributed by atoms with Gasteiger partial charge in [-0.15, -0.1) is 5.10 Å². The van der Waals surface area contributed by atoms with Crippen LogP contribution in [0.1, 0.15) is 19.2 Å². The molecule has 0 amide bonds. The maximum atomic E-state index is 9.18. The number of rotatable bonds is 8. The van der Waals surface area contributed by atoms with Gasteiger partial charge in [-0.25, -0.2) is 0 Å². The van der Waals surface area contributed by atoms with Gasteiger partial charge >= 0.3 is 0 Å². The van der Waals surface area contributed by atoms with Gasteiger partial charge in [-0.05, 0) is 35.9 Å². The molecule has 0 saturated heterocycles. The van der Waals surface area contributed by atoms with Crippen molar-refractivity contribution in [1.82, 2.24) is 25.5 Å². The highest BCUT2D eigenvalue weighted by atomic mass is 16.5. The van der Waals surface area contributed by atoms with Crippen LogP contribution in [0.4, 0.5) is 0 Å². The minimum atomic E-state index is -0.322. The van der Waals surface area contributed by atoms with E-state index in [9.17, 15) is 5.11 Å². The minimum absolute atomic E-state index is 0.0937. The van der Waals surface area contributed by atoms with E-state index in [2.05, 4.69) is 20.8 Å². The lowest BCUT2D eigenvalue weighted by Crippen LogP contribution is -2.46. The van der Waals surface area contributed by atoms with Crippen molar-refractivity contribution in [3.8, 4) is 5.69 Å². The van der Waals surface area contributed by atoms with Gasteiger partial charge in [0.15, 0.2) is 5.82 Å². The average Bonchev–Trinajstić information content (AvgIpc) is 2.95. The number of nitrogens with one attached hydrogen (secondary N) is 1. The Morgan fingerprint density at radius 2 is 2.10 bits per heavy atom. The molecule has 0 radical (unpaired) electrons. The summed E-state index contributed by atoms with van der Waals surface area (Å²) in [5, 5.41) is 24.3. The molecule has 2 rings (SSSR count). The smallest absolute Gasteiger partial charge is 0.170 e. The molecule has 2 aromatic rings. The van der Waals surface area contributed by atoms with Crippen LogP contribution in [-0.2, 0) is 11.3 Å². The lowest BCUT2D eigenvalue weighted by Gasteiger charge is -2.29. The lowest BCUT2D eigenvalue weighted by atomic mass is 9.99. The highest BCUT2D eigenvalue weighted by Crippen LogP contribution is 2.12. The van der Waals surface area contributed by atoms with Gasteiger partial charge < -0.3 is 15.2 Å². The second-order valence-corrected chi connectivity index (χ2v) is 5.16. The van der Waals surface area contributed by atoms with E-state index >= 15 is 0 Å². The van der Waals surface area contributed by atoms with E-state index in [4.69, 9.17) is 4.74 Å². The molecule has 0 aliphatic rings. The van der Waals surface area contributed by atoms with Gasteiger partial charge in [-0.1, -0.05) is 18.2 Å². The maximum Gasteiger partial charge on any atom is 0.170 e.